The van der Waals surface area contributed by atoms with E-state index in [-0.39, 0.29) is 36.8 Å². The summed E-state index contributed by atoms with van der Waals surface area (Å²) >= 11 is 0. The van der Waals surface area contributed by atoms with Crippen LogP contribution in [-0.2, 0) is 33.5 Å². The molecule has 1 heterocycles. The van der Waals surface area contributed by atoms with E-state index in [1.54, 1.807) is 0 Å². The Labute approximate surface area is 327 Å². The highest BCUT2D eigenvalue weighted by molar-refractivity contribution is 6.01. The number of rotatable bonds is 20. The summed E-state index contributed by atoms with van der Waals surface area (Å²) in [4.78, 5) is 55.7. The van der Waals surface area contributed by atoms with Crippen molar-refractivity contribution in [1.29, 1.82) is 0 Å². The van der Waals surface area contributed by atoms with Gasteiger partial charge in [-0.2, -0.15) is 0 Å². The van der Waals surface area contributed by atoms with E-state index in [4.69, 9.17) is 14.3 Å². The Kier molecular flexibility index (Phi) is 15.5. The summed E-state index contributed by atoms with van der Waals surface area (Å²) in [7, 11) is 0. The molecule has 0 N–H and O–H groups in total. The summed E-state index contributed by atoms with van der Waals surface area (Å²) in [5, 5.41) is 0.558. The predicted octanol–water partition coefficient (Wildman–Crippen LogP) is 9.30. The number of carbonyl (C=O) groups is 4. The highest BCUT2D eigenvalue weighted by atomic mass is 16.7. The predicted molar refractivity (Wildman–Crippen MR) is 211 cm³/mol. The van der Waals surface area contributed by atoms with Gasteiger partial charge in [0.25, 0.3) is 11.8 Å². The first kappa shape index (κ1) is 43.1. The highest BCUT2D eigenvalue weighted by Gasteiger charge is 2.66. The van der Waals surface area contributed by atoms with E-state index in [9.17, 15) is 19.2 Å². The third kappa shape index (κ3) is 9.40. The lowest BCUT2D eigenvalue weighted by Gasteiger charge is -2.65. The molecule has 1 aliphatic heterocycles. The molecule has 0 bridgehead atoms. The van der Waals surface area contributed by atoms with Gasteiger partial charge in [-0.05, 0) is 123 Å². The van der Waals surface area contributed by atoms with Crippen molar-refractivity contribution in [3.63, 3.8) is 0 Å². The van der Waals surface area contributed by atoms with Crippen LogP contribution in [0.25, 0.3) is 0 Å². The summed E-state index contributed by atoms with van der Waals surface area (Å²) in [6, 6.07) is 0. The second kappa shape index (κ2) is 19.4. The first-order valence-corrected chi connectivity index (χ1v) is 22.4. The molecule has 9 nitrogen and oxygen atoms in total. The Balaban J connectivity index is 1.31. The van der Waals surface area contributed by atoms with Crippen LogP contribution in [-0.4, -0.2) is 72.2 Å². The lowest BCUT2D eigenvalue weighted by molar-refractivity contribution is -0.208. The van der Waals surface area contributed by atoms with Crippen LogP contribution in [0.3, 0.4) is 0 Å². The fraction of sp³-hybridized carbons (Fsp3) is 0.911. The molecule has 0 aromatic rings. The van der Waals surface area contributed by atoms with Gasteiger partial charge in [0.05, 0.1) is 12.2 Å². The minimum Gasteiger partial charge on any atom is -0.378 e. The Hall–Kier alpha value is -2.00. The zero-order chi connectivity index (χ0) is 39.0. The first-order chi connectivity index (χ1) is 25.9. The van der Waals surface area contributed by atoms with Gasteiger partial charge < -0.3 is 19.2 Å². The van der Waals surface area contributed by atoms with Crippen LogP contribution in [0, 0.1) is 52.3 Å². The van der Waals surface area contributed by atoms with Gasteiger partial charge in [0.1, 0.15) is 6.54 Å². The van der Waals surface area contributed by atoms with Crippen LogP contribution in [0.5, 0.6) is 0 Å². The van der Waals surface area contributed by atoms with E-state index in [2.05, 4.69) is 41.5 Å². The van der Waals surface area contributed by atoms with E-state index >= 15 is 0 Å². The zero-order valence-electron chi connectivity index (χ0n) is 35.2. The number of carbonyl (C=O) groups excluding carboxylic acids is 4. The van der Waals surface area contributed by atoms with Crippen molar-refractivity contribution >= 4 is 23.7 Å². The smallest absolute Gasteiger partial charge is 0.352 e. The summed E-state index contributed by atoms with van der Waals surface area (Å²) in [5.74, 6) is 2.63. The van der Waals surface area contributed by atoms with Crippen molar-refractivity contribution in [2.24, 2.45) is 52.3 Å². The van der Waals surface area contributed by atoms with Gasteiger partial charge in [-0.1, -0.05) is 80.1 Å². The summed E-state index contributed by atoms with van der Waals surface area (Å²) in [5.41, 5.74) is 0.459. The molecular formula is C45H76N2O7. The molecule has 308 valence electrons. The van der Waals surface area contributed by atoms with Gasteiger partial charge in [0.15, 0.2) is 0 Å². The molecule has 5 aliphatic rings. The molecule has 11 atom stereocenters. The normalized spacial score (nSPS) is 35.4. The Morgan fingerprint density at radius 3 is 2.20 bits per heavy atom. The maximum absolute atomic E-state index is 12.7. The van der Waals surface area contributed by atoms with E-state index < -0.39 is 17.8 Å². The van der Waals surface area contributed by atoms with Crippen LogP contribution < -0.4 is 0 Å². The van der Waals surface area contributed by atoms with Gasteiger partial charge in [-0.3, -0.25) is 14.4 Å². The summed E-state index contributed by atoms with van der Waals surface area (Å²) in [6.07, 6.45) is 21.2. The topological polar surface area (TPSA) is 102 Å². The monoisotopic (exact) mass is 757 g/mol. The number of nitrogens with zero attached hydrogens (tertiary/aromatic N) is 2. The van der Waals surface area contributed by atoms with Gasteiger partial charge in [0, 0.05) is 39.5 Å². The van der Waals surface area contributed by atoms with Crippen LogP contribution in [0.15, 0.2) is 0 Å². The largest absolute Gasteiger partial charge is 0.378 e. The second-order valence-corrected chi connectivity index (χ2v) is 18.7. The number of hydrogen-bond donors (Lipinski definition) is 0. The summed E-state index contributed by atoms with van der Waals surface area (Å²) < 4.78 is 13.6. The first-order valence-electron chi connectivity index (χ1n) is 22.4. The van der Waals surface area contributed by atoms with E-state index in [1.807, 2.05) is 0 Å². The van der Waals surface area contributed by atoms with E-state index in [0.29, 0.717) is 46.8 Å². The number of ether oxygens (including phenoxy) is 2. The average molecular weight is 757 g/mol. The quantitative estimate of drug-likeness (QED) is 0.0902. The standard InChI is InChI=1S/C45H76N2O7/c1-8-11-14-17-33-27-34-28-35(52-25-12-9-2)22-23-44(34,6)38-29-39(53-26-13-10-3)45(7)36(18-19-37(45)43(33)38)31(4)16-15-24-46(32(5)48)30-42(51)54-47-40(49)20-21-41(47)50/h31,33-39,43H,8-30H2,1-7H3/t31-,33-,34?,35-,36-,37+,38+,39+,43?,44+,45-/m1/s1. The fourth-order valence-corrected chi connectivity index (χ4v) is 12.5. The van der Waals surface area contributed by atoms with Crippen molar-refractivity contribution in [1.82, 2.24) is 9.96 Å². The summed E-state index contributed by atoms with van der Waals surface area (Å²) in [6.45, 7) is 17.9. The van der Waals surface area contributed by atoms with Crippen LogP contribution in [0.4, 0.5) is 0 Å². The Morgan fingerprint density at radius 1 is 0.852 bits per heavy atom. The molecule has 0 spiro atoms. The molecule has 5 rings (SSSR count). The second-order valence-electron chi connectivity index (χ2n) is 18.7. The molecule has 0 radical (unpaired) electrons. The molecular weight excluding hydrogens is 681 g/mol. The fourth-order valence-electron chi connectivity index (χ4n) is 12.5. The SMILES string of the molecule is CCCCC[C@@H]1CC2C[C@H](OCCCC)CC[C@]2(C)[C@H]2C[C@H](OCCCC)[C@]3(C)[C@@H]([C@H](C)CCCN(CC(=O)ON4C(=O)CCC4=O)C(C)=O)CC[C@H]3C12. The number of imide groups is 1. The molecule has 9 heteroatoms. The van der Waals surface area contributed by atoms with Crippen LogP contribution in [0.1, 0.15) is 170 Å². The van der Waals surface area contributed by atoms with Crippen molar-refractivity contribution in [2.45, 2.75) is 183 Å². The van der Waals surface area contributed by atoms with Crippen molar-refractivity contribution < 1.29 is 33.5 Å². The number of fused-ring (bicyclic) bond motifs is 5. The lowest BCUT2D eigenvalue weighted by atomic mass is 9.41. The number of hydrogen-bond acceptors (Lipinski definition) is 7. The van der Waals surface area contributed by atoms with Gasteiger partial charge in [-0.25, -0.2) is 4.79 Å². The molecule has 5 fully saturated rings. The molecule has 1 saturated heterocycles. The molecule has 2 unspecified atom stereocenters. The maximum Gasteiger partial charge on any atom is 0.352 e. The van der Waals surface area contributed by atoms with Crippen molar-refractivity contribution in [2.75, 3.05) is 26.3 Å². The molecule has 0 aromatic carbocycles. The average Bonchev–Trinajstić information content (AvgIpc) is 3.66. The van der Waals surface area contributed by atoms with Gasteiger partial charge in [-0.15, -0.1) is 5.06 Å². The van der Waals surface area contributed by atoms with Crippen molar-refractivity contribution in [3.8, 4) is 0 Å². The molecule has 0 aromatic heterocycles. The zero-order valence-corrected chi connectivity index (χ0v) is 35.2. The van der Waals surface area contributed by atoms with Gasteiger partial charge >= 0.3 is 5.97 Å². The molecule has 3 amide bonds. The van der Waals surface area contributed by atoms with E-state index in [0.717, 1.165) is 63.1 Å². The highest BCUT2D eigenvalue weighted by Crippen LogP contribution is 2.70. The Bertz CT molecular complexity index is 1260. The van der Waals surface area contributed by atoms with Crippen molar-refractivity contribution in [3.05, 3.63) is 0 Å². The van der Waals surface area contributed by atoms with Gasteiger partial charge in [0.2, 0.25) is 5.91 Å². The maximum atomic E-state index is 12.7. The number of amides is 3. The minimum absolute atomic E-state index is 0.0433. The van der Waals surface area contributed by atoms with E-state index in [1.165, 1.54) is 88.9 Å². The molecule has 4 saturated carbocycles. The number of hydroxylamine groups is 2. The molecule has 4 aliphatic carbocycles. The van der Waals surface area contributed by atoms with Crippen LogP contribution >= 0.6 is 0 Å². The third-order valence-electron chi connectivity index (χ3n) is 15.5. The third-order valence-corrected chi connectivity index (χ3v) is 15.5. The lowest BCUT2D eigenvalue weighted by Crippen LogP contribution is -2.61. The van der Waals surface area contributed by atoms with Crippen LogP contribution in [0.2, 0.25) is 0 Å². The molecule has 54 heavy (non-hydrogen) atoms. The minimum atomic E-state index is -0.758. The Morgan fingerprint density at radius 2 is 1.54 bits per heavy atom. The number of unbranched alkanes of at least 4 members (excludes halogenated alkanes) is 4.